The molecule has 0 amide bonds. The third-order valence-electron chi connectivity index (χ3n) is 1.78. The van der Waals surface area contributed by atoms with Gasteiger partial charge in [-0.3, -0.25) is 11.7 Å². The fourth-order valence-electron chi connectivity index (χ4n) is 1.13. The lowest BCUT2D eigenvalue weighted by Gasteiger charge is -2.08. The molecule has 6 heteroatoms. The van der Waals surface area contributed by atoms with Gasteiger partial charge in [0.2, 0.25) is 0 Å². The van der Waals surface area contributed by atoms with Gasteiger partial charge in [0.05, 0.1) is 23.5 Å². The number of esters is 1. The number of nitrogens with one attached hydrogen (secondary N) is 2. The molecular weight excluding hydrogens is 196 g/mol. The number of rotatable bonds is 4. The molecule has 0 bridgehead atoms. The first-order valence-electron chi connectivity index (χ1n) is 4.46. The Hall–Kier alpha value is -1.79. The predicted octanol–water partition coefficient (Wildman–Crippen LogP) is 0.434. The summed E-state index contributed by atoms with van der Waals surface area (Å²) in [5.41, 5.74) is 6.42. The zero-order valence-corrected chi connectivity index (χ0v) is 8.41. The summed E-state index contributed by atoms with van der Waals surface area (Å²) in [7, 11) is 0. The van der Waals surface area contributed by atoms with Crippen molar-refractivity contribution >= 4 is 17.3 Å². The Morgan fingerprint density at radius 3 is 2.20 bits per heavy atom. The Morgan fingerprint density at radius 1 is 1.27 bits per heavy atom. The first-order valence-corrected chi connectivity index (χ1v) is 4.46. The molecule has 0 atom stereocenters. The zero-order chi connectivity index (χ0) is 11.3. The average Bonchev–Trinajstić information content (AvgIpc) is 2.28. The minimum Gasteiger partial charge on any atom is -0.462 e. The molecule has 0 aliphatic carbocycles. The molecule has 0 spiro atoms. The third-order valence-corrected chi connectivity index (χ3v) is 1.78. The highest BCUT2D eigenvalue weighted by molar-refractivity contribution is 5.92. The van der Waals surface area contributed by atoms with Crippen molar-refractivity contribution < 1.29 is 9.53 Å². The van der Waals surface area contributed by atoms with Crippen LogP contribution in [0, 0.1) is 0 Å². The molecule has 1 aromatic rings. The number of carbonyl (C=O) groups excluding carboxylic acids is 1. The molecule has 1 rings (SSSR count). The van der Waals surface area contributed by atoms with Crippen LogP contribution in [-0.2, 0) is 4.74 Å². The van der Waals surface area contributed by atoms with Gasteiger partial charge in [0, 0.05) is 0 Å². The number of hydrogen-bond acceptors (Lipinski definition) is 6. The lowest BCUT2D eigenvalue weighted by molar-refractivity contribution is 0.0526. The molecule has 82 valence electrons. The SMILES string of the molecule is CCOC(=O)c1cc(NN)cc(NN)c1. The molecule has 1 aromatic carbocycles. The summed E-state index contributed by atoms with van der Waals surface area (Å²) in [6.45, 7) is 2.07. The molecule has 0 heterocycles. The summed E-state index contributed by atoms with van der Waals surface area (Å²) in [6, 6.07) is 4.83. The standard InChI is InChI=1S/C9H14N4O2/c1-2-15-9(14)6-3-7(12-10)5-8(4-6)13-11/h3-5,12-13H,2,10-11H2,1H3. The van der Waals surface area contributed by atoms with Gasteiger partial charge >= 0.3 is 5.97 Å². The van der Waals surface area contributed by atoms with E-state index in [0.717, 1.165) is 0 Å². The fourth-order valence-corrected chi connectivity index (χ4v) is 1.13. The Morgan fingerprint density at radius 2 is 1.80 bits per heavy atom. The number of ether oxygens (including phenoxy) is 1. The molecule has 0 aliphatic rings. The van der Waals surface area contributed by atoms with Gasteiger partial charge < -0.3 is 15.6 Å². The maximum Gasteiger partial charge on any atom is 0.338 e. The van der Waals surface area contributed by atoms with Crippen molar-refractivity contribution in [3.8, 4) is 0 Å². The van der Waals surface area contributed by atoms with Crippen LogP contribution in [0.3, 0.4) is 0 Å². The van der Waals surface area contributed by atoms with Crippen molar-refractivity contribution in [1.82, 2.24) is 0 Å². The fraction of sp³-hybridized carbons (Fsp3) is 0.222. The largest absolute Gasteiger partial charge is 0.462 e. The van der Waals surface area contributed by atoms with Gasteiger partial charge in [-0.15, -0.1) is 0 Å². The molecule has 0 saturated heterocycles. The van der Waals surface area contributed by atoms with E-state index in [-0.39, 0.29) is 0 Å². The van der Waals surface area contributed by atoms with Gasteiger partial charge in [0.15, 0.2) is 0 Å². The Kier molecular flexibility index (Phi) is 3.90. The van der Waals surface area contributed by atoms with Crippen molar-refractivity contribution in [2.24, 2.45) is 11.7 Å². The van der Waals surface area contributed by atoms with Crippen LogP contribution in [0.5, 0.6) is 0 Å². The second-order valence-corrected chi connectivity index (χ2v) is 2.81. The number of benzene rings is 1. The molecule has 0 saturated carbocycles. The van der Waals surface area contributed by atoms with Crippen LogP contribution in [0.2, 0.25) is 0 Å². The molecule has 0 fully saturated rings. The molecule has 0 radical (unpaired) electrons. The van der Waals surface area contributed by atoms with Crippen LogP contribution in [0.25, 0.3) is 0 Å². The van der Waals surface area contributed by atoms with E-state index in [9.17, 15) is 4.79 Å². The highest BCUT2D eigenvalue weighted by Gasteiger charge is 2.08. The molecule has 6 N–H and O–H groups in total. The predicted molar refractivity (Wildman–Crippen MR) is 58.0 cm³/mol. The smallest absolute Gasteiger partial charge is 0.338 e. The highest BCUT2D eigenvalue weighted by atomic mass is 16.5. The first-order chi connectivity index (χ1) is 7.21. The summed E-state index contributed by atoms with van der Waals surface area (Å²) in [6.07, 6.45) is 0. The lowest BCUT2D eigenvalue weighted by Crippen LogP contribution is -2.13. The van der Waals surface area contributed by atoms with Gasteiger partial charge in [-0.05, 0) is 25.1 Å². The summed E-state index contributed by atoms with van der Waals surface area (Å²) in [5, 5.41) is 0. The van der Waals surface area contributed by atoms with Gasteiger partial charge in [0.25, 0.3) is 0 Å². The normalized spacial score (nSPS) is 9.53. The Balaban J connectivity index is 3.01. The maximum atomic E-state index is 11.4. The number of hydrazine groups is 2. The number of nitrogen functional groups attached to an aromatic ring is 2. The van der Waals surface area contributed by atoms with Crippen LogP contribution >= 0.6 is 0 Å². The van der Waals surface area contributed by atoms with Crippen LogP contribution < -0.4 is 22.5 Å². The van der Waals surface area contributed by atoms with Crippen LogP contribution in [0.4, 0.5) is 11.4 Å². The molecule has 0 unspecified atom stereocenters. The Bertz CT molecular complexity index is 332. The quantitative estimate of drug-likeness (QED) is 0.326. The summed E-state index contributed by atoms with van der Waals surface area (Å²) in [5.74, 6) is 10.1. The number of hydrogen-bond donors (Lipinski definition) is 4. The van der Waals surface area contributed by atoms with Crippen LogP contribution in [-0.4, -0.2) is 12.6 Å². The minimum atomic E-state index is -0.411. The Labute approximate surface area is 87.5 Å². The van der Waals surface area contributed by atoms with Crippen molar-refractivity contribution in [1.29, 1.82) is 0 Å². The van der Waals surface area contributed by atoms with E-state index in [0.29, 0.717) is 23.5 Å². The number of carbonyl (C=O) groups is 1. The van der Waals surface area contributed by atoms with Crippen molar-refractivity contribution in [2.75, 3.05) is 17.5 Å². The van der Waals surface area contributed by atoms with Gasteiger partial charge in [-0.2, -0.15) is 0 Å². The highest BCUT2D eigenvalue weighted by Crippen LogP contribution is 2.18. The van der Waals surface area contributed by atoms with E-state index >= 15 is 0 Å². The van der Waals surface area contributed by atoms with Crippen LogP contribution in [0.1, 0.15) is 17.3 Å². The topological polar surface area (TPSA) is 102 Å². The van der Waals surface area contributed by atoms with Gasteiger partial charge in [0.1, 0.15) is 0 Å². The van der Waals surface area contributed by atoms with E-state index in [1.807, 2.05) is 0 Å². The molecular formula is C9H14N4O2. The van der Waals surface area contributed by atoms with Crippen molar-refractivity contribution in [2.45, 2.75) is 6.92 Å². The summed E-state index contributed by atoms with van der Waals surface area (Å²) >= 11 is 0. The van der Waals surface area contributed by atoms with E-state index in [4.69, 9.17) is 16.4 Å². The number of anilines is 2. The van der Waals surface area contributed by atoms with E-state index < -0.39 is 5.97 Å². The van der Waals surface area contributed by atoms with Crippen molar-refractivity contribution in [3.05, 3.63) is 23.8 Å². The summed E-state index contributed by atoms with van der Waals surface area (Å²) < 4.78 is 4.85. The molecule has 6 nitrogen and oxygen atoms in total. The van der Waals surface area contributed by atoms with Crippen molar-refractivity contribution in [3.63, 3.8) is 0 Å². The number of nitrogens with two attached hydrogens (primary N) is 2. The van der Waals surface area contributed by atoms with E-state index in [1.54, 1.807) is 25.1 Å². The zero-order valence-electron chi connectivity index (χ0n) is 8.41. The molecule has 15 heavy (non-hydrogen) atoms. The van der Waals surface area contributed by atoms with Gasteiger partial charge in [-0.25, -0.2) is 4.79 Å². The lowest BCUT2D eigenvalue weighted by atomic mass is 10.2. The van der Waals surface area contributed by atoms with E-state index in [2.05, 4.69) is 10.9 Å². The maximum absolute atomic E-state index is 11.4. The second-order valence-electron chi connectivity index (χ2n) is 2.81. The minimum absolute atomic E-state index is 0.324. The van der Waals surface area contributed by atoms with Gasteiger partial charge in [-0.1, -0.05) is 0 Å². The molecule has 0 aliphatic heterocycles. The average molecular weight is 210 g/mol. The van der Waals surface area contributed by atoms with Crippen LogP contribution in [0.15, 0.2) is 18.2 Å². The second kappa shape index (κ2) is 5.18. The summed E-state index contributed by atoms with van der Waals surface area (Å²) in [4.78, 5) is 11.4. The first kappa shape index (κ1) is 11.3. The molecule has 0 aromatic heterocycles. The monoisotopic (exact) mass is 210 g/mol. The third kappa shape index (κ3) is 2.83. The van der Waals surface area contributed by atoms with E-state index in [1.165, 1.54) is 0 Å².